The van der Waals surface area contributed by atoms with E-state index in [9.17, 15) is 19.8 Å². The normalized spacial score (nSPS) is 12.6. The number of carbonyl (C=O) groups is 2. The van der Waals surface area contributed by atoms with Crippen molar-refractivity contribution in [2.24, 2.45) is 0 Å². The Morgan fingerprint density at radius 2 is 0.635 bits per heavy atom. The summed E-state index contributed by atoms with van der Waals surface area (Å²) in [5.74, 6) is -0.0493. The number of amides is 1. The summed E-state index contributed by atoms with van der Waals surface area (Å²) in [5, 5.41) is 23.4. The van der Waals surface area contributed by atoms with E-state index >= 15 is 0 Å². The topological polar surface area (TPSA) is 95.9 Å². The van der Waals surface area contributed by atoms with Crippen LogP contribution < -0.4 is 5.32 Å². The summed E-state index contributed by atoms with van der Waals surface area (Å²) in [4.78, 5) is 24.6. The van der Waals surface area contributed by atoms with E-state index in [0.717, 1.165) is 57.8 Å². The quantitative estimate of drug-likeness (QED) is 0.0320. The fourth-order valence-corrected chi connectivity index (χ4v) is 10.6. The number of unbranched alkanes of at least 4 members (excludes halogenated alkanes) is 48. The summed E-state index contributed by atoms with van der Waals surface area (Å²) in [7, 11) is 0. The van der Waals surface area contributed by atoms with Crippen LogP contribution >= 0.6 is 0 Å². The summed E-state index contributed by atoms with van der Waals surface area (Å²) in [6, 6.07) is -0.553. The molecule has 0 saturated carbocycles. The Morgan fingerprint density at radius 3 is 0.959 bits per heavy atom. The minimum atomic E-state index is -0.675. The van der Waals surface area contributed by atoms with Crippen molar-refractivity contribution in [2.75, 3.05) is 13.2 Å². The number of hydrogen-bond acceptors (Lipinski definition) is 5. The second kappa shape index (κ2) is 63.9. The standard InChI is InChI=1S/C68H131NO5/c1-3-5-7-9-11-13-15-17-19-20-21-22-23-24-25-26-29-33-36-40-44-48-52-56-60-66(71)65(64-70)69-67(72)61-57-53-49-45-41-37-34-30-27-28-31-35-39-43-47-51-55-59-63-74-68(73)62-58-54-50-46-42-38-32-18-16-14-12-10-8-6-4-2/h18,30,32,34,65-66,70-71H,3-17,19-29,31,33,35-64H2,1-2H3,(H,69,72)/b32-18-,34-30-. The lowest BCUT2D eigenvalue weighted by atomic mass is 10.0. The van der Waals surface area contributed by atoms with Gasteiger partial charge >= 0.3 is 5.97 Å². The van der Waals surface area contributed by atoms with Crippen molar-refractivity contribution in [3.05, 3.63) is 24.3 Å². The van der Waals surface area contributed by atoms with Crippen LogP contribution in [0.25, 0.3) is 0 Å². The van der Waals surface area contributed by atoms with Crippen LogP contribution in [-0.2, 0) is 14.3 Å². The zero-order chi connectivity index (χ0) is 53.6. The molecule has 0 aliphatic heterocycles. The highest BCUT2D eigenvalue weighted by molar-refractivity contribution is 5.76. The number of allylic oxidation sites excluding steroid dienone is 4. The van der Waals surface area contributed by atoms with Crippen molar-refractivity contribution in [1.82, 2.24) is 5.32 Å². The Balaban J connectivity index is 3.44. The Kier molecular flexibility index (Phi) is 62.4. The fourth-order valence-electron chi connectivity index (χ4n) is 10.6. The molecular weight excluding hydrogens is 911 g/mol. The van der Waals surface area contributed by atoms with Crippen LogP contribution in [0.1, 0.15) is 373 Å². The maximum absolute atomic E-state index is 12.5. The van der Waals surface area contributed by atoms with Gasteiger partial charge in [0.2, 0.25) is 5.91 Å². The number of carbonyl (C=O) groups excluding carboxylic acids is 2. The molecule has 2 unspecified atom stereocenters. The predicted octanol–water partition coefficient (Wildman–Crippen LogP) is 21.4. The summed E-state index contributed by atoms with van der Waals surface area (Å²) in [6.07, 6.45) is 79.2. The van der Waals surface area contributed by atoms with E-state index in [-0.39, 0.29) is 18.5 Å². The van der Waals surface area contributed by atoms with E-state index in [1.165, 1.54) is 283 Å². The number of aliphatic hydroxyl groups excluding tert-OH is 2. The Hall–Kier alpha value is -1.66. The first kappa shape index (κ1) is 72.3. The van der Waals surface area contributed by atoms with Crippen LogP contribution in [0.5, 0.6) is 0 Å². The molecule has 3 N–H and O–H groups in total. The second-order valence-electron chi connectivity index (χ2n) is 23.1. The molecule has 1 amide bonds. The lowest BCUT2D eigenvalue weighted by Crippen LogP contribution is -2.45. The van der Waals surface area contributed by atoms with Gasteiger partial charge in [-0.25, -0.2) is 0 Å². The molecule has 0 fully saturated rings. The van der Waals surface area contributed by atoms with Crippen LogP contribution in [0.3, 0.4) is 0 Å². The average Bonchev–Trinajstić information content (AvgIpc) is 3.40. The molecule has 6 nitrogen and oxygen atoms in total. The summed E-state index contributed by atoms with van der Waals surface area (Å²) in [6.45, 7) is 4.96. The van der Waals surface area contributed by atoms with Gasteiger partial charge in [0.1, 0.15) is 0 Å². The maximum atomic E-state index is 12.5. The fraction of sp³-hybridized carbons (Fsp3) is 0.912. The van der Waals surface area contributed by atoms with Crippen LogP contribution in [0.4, 0.5) is 0 Å². The van der Waals surface area contributed by atoms with Crippen molar-refractivity contribution in [3.63, 3.8) is 0 Å². The molecule has 0 radical (unpaired) electrons. The number of nitrogens with one attached hydrogen (secondary N) is 1. The highest BCUT2D eigenvalue weighted by Crippen LogP contribution is 2.18. The van der Waals surface area contributed by atoms with Crippen molar-refractivity contribution < 1.29 is 24.5 Å². The van der Waals surface area contributed by atoms with Crippen LogP contribution in [0, 0.1) is 0 Å². The van der Waals surface area contributed by atoms with Gasteiger partial charge in [-0.05, 0) is 77.0 Å². The van der Waals surface area contributed by atoms with Gasteiger partial charge in [0.05, 0.1) is 25.4 Å². The molecule has 0 saturated heterocycles. The zero-order valence-corrected chi connectivity index (χ0v) is 50.1. The van der Waals surface area contributed by atoms with Gasteiger partial charge in [0, 0.05) is 12.8 Å². The van der Waals surface area contributed by atoms with Gasteiger partial charge in [-0.15, -0.1) is 0 Å². The second-order valence-corrected chi connectivity index (χ2v) is 23.1. The lowest BCUT2D eigenvalue weighted by Gasteiger charge is -2.22. The molecular formula is C68H131NO5. The van der Waals surface area contributed by atoms with Gasteiger partial charge in [0.15, 0.2) is 0 Å². The molecule has 438 valence electrons. The number of aliphatic hydroxyl groups is 2. The molecule has 2 atom stereocenters. The van der Waals surface area contributed by atoms with Gasteiger partial charge < -0.3 is 20.3 Å². The van der Waals surface area contributed by atoms with Gasteiger partial charge in [-0.1, -0.05) is 308 Å². The van der Waals surface area contributed by atoms with E-state index < -0.39 is 12.1 Å². The molecule has 0 aromatic heterocycles. The molecule has 0 aromatic rings. The highest BCUT2D eigenvalue weighted by Gasteiger charge is 2.20. The third kappa shape index (κ3) is 59.6. The first-order valence-electron chi connectivity index (χ1n) is 33.6. The van der Waals surface area contributed by atoms with Crippen molar-refractivity contribution >= 4 is 11.9 Å². The minimum Gasteiger partial charge on any atom is -0.466 e. The maximum Gasteiger partial charge on any atom is 0.305 e. The highest BCUT2D eigenvalue weighted by atomic mass is 16.5. The number of rotatable bonds is 63. The molecule has 0 bridgehead atoms. The van der Waals surface area contributed by atoms with Crippen LogP contribution in [0.15, 0.2) is 24.3 Å². The van der Waals surface area contributed by atoms with Crippen molar-refractivity contribution in [2.45, 2.75) is 386 Å². The minimum absolute atomic E-state index is 0.00398. The third-order valence-corrected chi connectivity index (χ3v) is 15.7. The van der Waals surface area contributed by atoms with E-state index in [1.807, 2.05) is 0 Å². The van der Waals surface area contributed by atoms with Gasteiger partial charge in [0.25, 0.3) is 0 Å². The van der Waals surface area contributed by atoms with Crippen LogP contribution in [-0.4, -0.2) is 47.4 Å². The third-order valence-electron chi connectivity index (χ3n) is 15.7. The van der Waals surface area contributed by atoms with Gasteiger partial charge in [-0.3, -0.25) is 9.59 Å². The molecule has 6 heteroatoms. The SMILES string of the molecule is CCCCCCCC/C=C\CCCCCCCC(=O)OCCCCCCCCCCC/C=C\CCCCCCCC(=O)NC(CO)C(O)CCCCCCCCCCCCCCCCCCCCCCCCCC. The Labute approximate surface area is 462 Å². The average molecular weight is 1040 g/mol. The first-order chi connectivity index (χ1) is 36.5. The monoisotopic (exact) mass is 1040 g/mol. The molecule has 74 heavy (non-hydrogen) atoms. The number of hydrogen-bond donors (Lipinski definition) is 3. The lowest BCUT2D eigenvalue weighted by molar-refractivity contribution is -0.143. The van der Waals surface area contributed by atoms with E-state index in [4.69, 9.17) is 4.74 Å². The molecule has 0 aromatic carbocycles. The predicted molar refractivity (Wildman–Crippen MR) is 324 cm³/mol. The van der Waals surface area contributed by atoms with Crippen LogP contribution in [0.2, 0.25) is 0 Å². The zero-order valence-electron chi connectivity index (χ0n) is 50.1. The van der Waals surface area contributed by atoms with E-state index in [2.05, 4.69) is 43.5 Å². The molecule has 0 rings (SSSR count). The Bertz CT molecular complexity index is 1150. The molecule has 0 heterocycles. The Morgan fingerprint density at radius 1 is 0.365 bits per heavy atom. The largest absolute Gasteiger partial charge is 0.466 e. The first-order valence-corrected chi connectivity index (χ1v) is 33.6. The molecule has 0 aliphatic carbocycles. The van der Waals surface area contributed by atoms with E-state index in [0.29, 0.717) is 25.9 Å². The molecule has 0 aliphatic rings. The number of ether oxygens (including phenoxy) is 1. The molecule has 0 spiro atoms. The summed E-state index contributed by atoms with van der Waals surface area (Å²) in [5.41, 5.74) is 0. The number of esters is 1. The van der Waals surface area contributed by atoms with E-state index in [1.54, 1.807) is 0 Å². The van der Waals surface area contributed by atoms with Gasteiger partial charge in [-0.2, -0.15) is 0 Å². The smallest absolute Gasteiger partial charge is 0.305 e. The van der Waals surface area contributed by atoms with Crippen molar-refractivity contribution in [3.8, 4) is 0 Å². The summed E-state index contributed by atoms with van der Waals surface area (Å²) < 4.78 is 5.48. The summed E-state index contributed by atoms with van der Waals surface area (Å²) >= 11 is 0. The van der Waals surface area contributed by atoms with Crippen molar-refractivity contribution in [1.29, 1.82) is 0 Å².